The third-order valence-corrected chi connectivity index (χ3v) is 7.83. The fourth-order valence-corrected chi connectivity index (χ4v) is 5.81. The van der Waals surface area contributed by atoms with Crippen LogP contribution >= 0.6 is 0 Å². The lowest BCUT2D eigenvalue weighted by molar-refractivity contribution is 0.0730. The van der Waals surface area contributed by atoms with E-state index in [1.165, 1.54) is 42.6 Å². The van der Waals surface area contributed by atoms with Crippen molar-refractivity contribution in [1.82, 2.24) is 9.29 Å². The van der Waals surface area contributed by atoms with Gasteiger partial charge in [0.05, 0.1) is 13.2 Å². The van der Waals surface area contributed by atoms with Gasteiger partial charge in [-0.25, -0.2) is 13.4 Å². The van der Waals surface area contributed by atoms with Gasteiger partial charge >= 0.3 is 0 Å². The molecule has 0 radical (unpaired) electrons. The molecule has 7 heteroatoms. The fourth-order valence-electron chi connectivity index (χ4n) is 4.46. The van der Waals surface area contributed by atoms with E-state index in [-0.39, 0.29) is 4.90 Å². The number of nitrogens with zero attached hydrogens (tertiary/aromatic N) is 3. The molecule has 6 nitrogen and oxygen atoms in total. The van der Waals surface area contributed by atoms with Crippen molar-refractivity contribution >= 4 is 15.8 Å². The van der Waals surface area contributed by atoms with E-state index in [1.54, 1.807) is 6.07 Å². The molecule has 1 aliphatic carbocycles. The summed E-state index contributed by atoms with van der Waals surface area (Å²) >= 11 is 0. The molecule has 0 N–H and O–H groups in total. The normalized spacial score (nSPS) is 28.6. The number of pyridine rings is 1. The summed E-state index contributed by atoms with van der Waals surface area (Å²) < 4.78 is 32.1. The van der Waals surface area contributed by atoms with E-state index in [9.17, 15) is 8.42 Å². The van der Waals surface area contributed by atoms with Gasteiger partial charge in [-0.05, 0) is 36.8 Å². The van der Waals surface area contributed by atoms with Gasteiger partial charge in [0.1, 0.15) is 10.7 Å². The molecule has 2 saturated heterocycles. The van der Waals surface area contributed by atoms with Crippen molar-refractivity contribution in [2.45, 2.75) is 37.0 Å². The number of hydrogen-bond donors (Lipinski definition) is 0. The Morgan fingerprint density at radius 3 is 2.48 bits per heavy atom. The van der Waals surface area contributed by atoms with Crippen LogP contribution in [0.25, 0.3) is 0 Å². The number of morpholine rings is 1. The van der Waals surface area contributed by atoms with Crippen LogP contribution in [0.15, 0.2) is 23.2 Å². The number of hydrogen-bond acceptors (Lipinski definition) is 5. The first kappa shape index (κ1) is 17.2. The maximum atomic E-state index is 12.7. The molecule has 0 bridgehead atoms. The van der Waals surface area contributed by atoms with Crippen LogP contribution in [-0.4, -0.2) is 57.1 Å². The Labute approximate surface area is 150 Å². The number of fused-ring (bicyclic) bond motifs is 1. The predicted molar refractivity (Wildman–Crippen MR) is 96.1 cm³/mol. The minimum atomic E-state index is -3.46. The highest BCUT2D eigenvalue weighted by Gasteiger charge is 2.32. The molecule has 1 aromatic rings. The van der Waals surface area contributed by atoms with Gasteiger partial charge in [0.25, 0.3) is 0 Å². The van der Waals surface area contributed by atoms with Crippen LogP contribution < -0.4 is 4.90 Å². The average molecular weight is 365 g/mol. The Balaban J connectivity index is 1.46. The molecule has 1 saturated carbocycles. The van der Waals surface area contributed by atoms with Gasteiger partial charge in [0.2, 0.25) is 10.0 Å². The first-order valence-corrected chi connectivity index (χ1v) is 10.9. The van der Waals surface area contributed by atoms with Gasteiger partial charge in [0, 0.05) is 32.4 Å². The second-order valence-electron chi connectivity index (χ2n) is 7.41. The first-order chi connectivity index (χ1) is 12.1. The smallest absolute Gasteiger partial charge is 0.244 e. The SMILES string of the molecule is O=S(=O)(c1ccc(N2CC[C@@H]3CCCC[C@@H]3C2)nc1)N1CCOCC1. The molecule has 0 amide bonds. The Morgan fingerprint density at radius 1 is 1.00 bits per heavy atom. The third-order valence-electron chi connectivity index (χ3n) is 5.94. The number of rotatable bonds is 3. The summed E-state index contributed by atoms with van der Waals surface area (Å²) in [7, 11) is -3.46. The van der Waals surface area contributed by atoms with E-state index in [2.05, 4.69) is 9.88 Å². The van der Waals surface area contributed by atoms with E-state index >= 15 is 0 Å². The van der Waals surface area contributed by atoms with Gasteiger partial charge in [-0.15, -0.1) is 0 Å². The molecule has 138 valence electrons. The van der Waals surface area contributed by atoms with E-state index < -0.39 is 10.0 Å². The minimum absolute atomic E-state index is 0.283. The Morgan fingerprint density at radius 2 is 1.76 bits per heavy atom. The summed E-state index contributed by atoms with van der Waals surface area (Å²) in [5.74, 6) is 2.57. The first-order valence-electron chi connectivity index (χ1n) is 9.43. The predicted octanol–water partition coefficient (Wildman–Crippen LogP) is 2.12. The zero-order chi connectivity index (χ0) is 17.3. The summed E-state index contributed by atoms with van der Waals surface area (Å²) in [4.78, 5) is 7.10. The lowest BCUT2D eigenvalue weighted by Gasteiger charge is -2.41. The maximum absolute atomic E-state index is 12.7. The molecule has 0 unspecified atom stereocenters. The number of sulfonamides is 1. The highest BCUT2D eigenvalue weighted by atomic mass is 32.2. The van der Waals surface area contributed by atoms with Crippen molar-refractivity contribution < 1.29 is 13.2 Å². The van der Waals surface area contributed by atoms with E-state index in [0.29, 0.717) is 26.3 Å². The lowest BCUT2D eigenvalue weighted by Crippen LogP contribution is -2.42. The Hall–Kier alpha value is -1.18. The molecule has 3 aliphatic rings. The van der Waals surface area contributed by atoms with Crippen LogP contribution in [0.1, 0.15) is 32.1 Å². The van der Waals surface area contributed by atoms with E-state index in [4.69, 9.17) is 4.74 Å². The van der Waals surface area contributed by atoms with Gasteiger partial charge < -0.3 is 9.64 Å². The van der Waals surface area contributed by atoms with Crippen LogP contribution in [0.4, 0.5) is 5.82 Å². The Kier molecular flexibility index (Phi) is 4.97. The zero-order valence-electron chi connectivity index (χ0n) is 14.6. The van der Waals surface area contributed by atoms with Crippen LogP contribution in [-0.2, 0) is 14.8 Å². The van der Waals surface area contributed by atoms with Crippen molar-refractivity contribution in [1.29, 1.82) is 0 Å². The van der Waals surface area contributed by atoms with Crippen molar-refractivity contribution in [3.63, 3.8) is 0 Å². The topological polar surface area (TPSA) is 62.7 Å². The lowest BCUT2D eigenvalue weighted by atomic mass is 9.75. The van der Waals surface area contributed by atoms with Gasteiger partial charge in [-0.3, -0.25) is 0 Å². The fraction of sp³-hybridized carbons (Fsp3) is 0.722. The largest absolute Gasteiger partial charge is 0.379 e. The van der Waals surface area contributed by atoms with Crippen LogP contribution in [0.5, 0.6) is 0 Å². The van der Waals surface area contributed by atoms with Crippen LogP contribution in [0.2, 0.25) is 0 Å². The number of anilines is 1. The average Bonchev–Trinajstić information content (AvgIpc) is 2.68. The third kappa shape index (κ3) is 3.55. The quantitative estimate of drug-likeness (QED) is 0.821. The van der Waals surface area contributed by atoms with E-state index in [1.807, 2.05) is 6.07 Å². The monoisotopic (exact) mass is 365 g/mol. The highest BCUT2D eigenvalue weighted by Crippen LogP contribution is 2.37. The van der Waals surface area contributed by atoms with Crippen molar-refractivity contribution in [3.8, 4) is 0 Å². The van der Waals surface area contributed by atoms with Crippen molar-refractivity contribution in [2.75, 3.05) is 44.3 Å². The highest BCUT2D eigenvalue weighted by molar-refractivity contribution is 7.89. The van der Waals surface area contributed by atoms with Crippen LogP contribution in [0.3, 0.4) is 0 Å². The molecule has 4 rings (SSSR count). The molecule has 2 atom stereocenters. The molecule has 2 aliphatic heterocycles. The number of piperidine rings is 1. The standard InChI is InChI=1S/C18H27N3O3S/c22-25(23,21-9-11-24-12-10-21)17-5-6-18(19-13-17)20-8-7-15-3-1-2-4-16(15)14-20/h5-6,13,15-16H,1-4,7-12,14H2/t15-,16+/m0/s1. The van der Waals surface area contributed by atoms with Gasteiger partial charge in [-0.1, -0.05) is 19.3 Å². The summed E-state index contributed by atoms with van der Waals surface area (Å²) in [6.45, 7) is 3.84. The summed E-state index contributed by atoms with van der Waals surface area (Å²) in [6.07, 6.45) is 8.19. The molecule has 25 heavy (non-hydrogen) atoms. The van der Waals surface area contributed by atoms with Gasteiger partial charge in [-0.2, -0.15) is 4.31 Å². The molecule has 3 fully saturated rings. The minimum Gasteiger partial charge on any atom is -0.379 e. The summed E-state index contributed by atoms with van der Waals surface area (Å²) in [5.41, 5.74) is 0. The summed E-state index contributed by atoms with van der Waals surface area (Å²) in [5, 5.41) is 0. The van der Waals surface area contributed by atoms with Crippen LogP contribution in [0, 0.1) is 11.8 Å². The second-order valence-corrected chi connectivity index (χ2v) is 9.35. The molecule has 0 spiro atoms. The van der Waals surface area contributed by atoms with Gasteiger partial charge in [0.15, 0.2) is 0 Å². The zero-order valence-corrected chi connectivity index (χ0v) is 15.5. The van der Waals surface area contributed by atoms with Crippen molar-refractivity contribution in [3.05, 3.63) is 18.3 Å². The van der Waals surface area contributed by atoms with Crippen molar-refractivity contribution in [2.24, 2.45) is 11.8 Å². The molecule has 1 aromatic heterocycles. The molecular weight excluding hydrogens is 338 g/mol. The molecule has 3 heterocycles. The molecular formula is C18H27N3O3S. The summed E-state index contributed by atoms with van der Waals surface area (Å²) in [6, 6.07) is 3.58. The van der Waals surface area contributed by atoms with E-state index in [0.717, 1.165) is 30.7 Å². The second kappa shape index (κ2) is 7.21. The Bertz CT molecular complexity index is 686. The maximum Gasteiger partial charge on any atom is 0.244 e. The number of aromatic nitrogens is 1. The molecule has 0 aromatic carbocycles. The number of ether oxygens (including phenoxy) is 1.